The number of nitrogens with zero attached hydrogens (tertiary/aromatic N) is 4. The lowest BCUT2D eigenvalue weighted by atomic mass is 10.2. The van der Waals surface area contributed by atoms with Gasteiger partial charge in [-0.25, -0.2) is 4.98 Å². The van der Waals surface area contributed by atoms with Gasteiger partial charge in [-0.3, -0.25) is 4.79 Å². The molecule has 0 fully saturated rings. The van der Waals surface area contributed by atoms with Crippen molar-refractivity contribution in [3.05, 3.63) is 63.2 Å². The summed E-state index contributed by atoms with van der Waals surface area (Å²) in [6.45, 7) is 1.76. The number of aliphatic imine (C=N–C) groups is 1. The molecule has 6 nitrogen and oxygen atoms in total. The van der Waals surface area contributed by atoms with Gasteiger partial charge in [-0.2, -0.15) is 4.99 Å². The first-order valence-electron chi connectivity index (χ1n) is 9.24. The van der Waals surface area contributed by atoms with Crippen LogP contribution in [0.1, 0.15) is 5.56 Å². The monoisotopic (exact) mass is 459 g/mol. The van der Waals surface area contributed by atoms with Crippen LogP contribution in [0, 0.1) is 0 Å². The molecule has 0 atom stereocenters. The Morgan fingerprint density at radius 2 is 1.97 bits per heavy atom. The van der Waals surface area contributed by atoms with Gasteiger partial charge in [0.25, 0.3) is 5.91 Å². The van der Waals surface area contributed by atoms with Crippen molar-refractivity contribution in [3.8, 4) is 0 Å². The Morgan fingerprint density at radius 3 is 2.70 bits per heavy atom. The van der Waals surface area contributed by atoms with Gasteiger partial charge in [0.15, 0.2) is 5.17 Å². The number of carbonyl (C=O) groups is 1. The fourth-order valence-corrected chi connectivity index (χ4v) is 4.30. The molecule has 1 aliphatic rings. The zero-order chi connectivity index (χ0) is 21.3. The number of para-hydroxylation sites is 1. The molecule has 0 bridgehead atoms. The highest BCUT2D eigenvalue weighted by atomic mass is 35.5. The summed E-state index contributed by atoms with van der Waals surface area (Å²) in [5.74, 6) is -0.299. The van der Waals surface area contributed by atoms with Crippen LogP contribution in [0.15, 0.2) is 52.6 Å². The Bertz CT molecular complexity index is 1170. The van der Waals surface area contributed by atoms with Crippen molar-refractivity contribution in [2.24, 2.45) is 4.99 Å². The summed E-state index contributed by atoms with van der Waals surface area (Å²) in [6, 6.07) is 11.2. The van der Waals surface area contributed by atoms with Gasteiger partial charge in [0, 0.05) is 13.1 Å². The summed E-state index contributed by atoms with van der Waals surface area (Å²) in [5, 5.41) is 4.43. The number of amidine groups is 1. The minimum atomic E-state index is -0.299. The molecular weight excluding hydrogens is 441 g/mol. The smallest absolute Gasteiger partial charge is 0.286 e. The molecule has 0 radical (unpaired) electrons. The summed E-state index contributed by atoms with van der Waals surface area (Å²) in [5.41, 5.74) is 3.40. The van der Waals surface area contributed by atoms with Gasteiger partial charge >= 0.3 is 0 Å². The second kappa shape index (κ2) is 8.81. The first-order valence-corrected chi connectivity index (χ1v) is 10.8. The second-order valence-electron chi connectivity index (χ2n) is 7.04. The molecule has 1 N–H and O–H groups in total. The number of amides is 1. The van der Waals surface area contributed by atoms with E-state index in [1.165, 1.54) is 11.8 Å². The number of likely N-dealkylation sites (N-methyl/N-ethyl adjacent to an activating group) is 1. The van der Waals surface area contributed by atoms with Crippen LogP contribution in [0.5, 0.6) is 0 Å². The van der Waals surface area contributed by atoms with Crippen LogP contribution < -0.4 is 5.32 Å². The lowest BCUT2D eigenvalue weighted by Gasteiger charge is -2.10. The molecule has 0 saturated heterocycles. The van der Waals surface area contributed by atoms with E-state index in [9.17, 15) is 4.79 Å². The molecule has 1 aliphatic heterocycles. The number of carbonyl (C=O) groups excluding carboxylic acids is 1. The molecular formula is C21H19Cl2N5OS. The maximum Gasteiger partial charge on any atom is 0.286 e. The van der Waals surface area contributed by atoms with Crippen LogP contribution in [0.3, 0.4) is 0 Å². The molecule has 0 spiro atoms. The molecule has 1 aromatic heterocycles. The Labute approximate surface area is 188 Å². The number of anilines is 1. The average Bonchev–Trinajstić information content (AvgIpc) is 3.26. The van der Waals surface area contributed by atoms with E-state index in [0.717, 1.165) is 29.7 Å². The fraction of sp³-hybridized carbons (Fsp3) is 0.190. The van der Waals surface area contributed by atoms with Gasteiger partial charge in [0.05, 0.1) is 38.0 Å². The van der Waals surface area contributed by atoms with Gasteiger partial charge in [-0.05, 0) is 61.8 Å². The normalized spacial score (nSPS) is 15.4. The summed E-state index contributed by atoms with van der Waals surface area (Å²) in [7, 11) is 4.08. The number of hydrogen-bond acceptors (Lipinski definition) is 5. The van der Waals surface area contributed by atoms with Crippen LogP contribution in [0.2, 0.25) is 10.0 Å². The maximum absolute atomic E-state index is 12.4. The fourth-order valence-electron chi connectivity index (χ4n) is 2.99. The summed E-state index contributed by atoms with van der Waals surface area (Å²) in [6.07, 6.45) is 3.68. The first kappa shape index (κ1) is 20.9. The molecule has 2 aromatic carbocycles. The quantitative estimate of drug-likeness (QED) is 0.544. The topological polar surface area (TPSA) is 62.5 Å². The zero-order valence-corrected chi connectivity index (χ0v) is 18.7. The van der Waals surface area contributed by atoms with E-state index in [0.29, 0.717) is 25.8 Å². The van der Waals surface area contributed by atoms with Crippen molar-refractivity contribution < 1.29 is 4.79 Å². The number of thioether (sulfide) groups is 1. The Hall–Kier alpha value is -2.32. The molecule has 154 valence electrons. The van der Waals surface area contributed by atoms with Gasteiger partial charge in [-0.15, -0.1) is 0 Å². The summed E-state index contributed by atoms with van der Waals surface area (Å²) >= 11 is 13.6. The van der Waals surface area contributed by atoms with Gasteiger partial charge in [0.2, 0.25) is 0 Å². The summed E-state index contributed by atoms with van der Waals surface area (Å²) in [4.78, 5) is 23.6. The summed E-state index contributed by atoms with van der Waals surface area (Å²) < 4.78 is 2.11. The Kier molecular flexibility index (Phi) is 6.15. The predicted molar refractivity (Wildman–Crippen MR) is 126 cm³/mol. The molecule has 30 heavy (non-hydrogen) atoms. The number of fused-ring (bicyclic) bond motifs is 1. The molecule has 1 amide bonds. The third kappa shape index (κ3) is 4.54. The second-order valence-corrected chi connectivity index (χ2v) is 8.89. The third-order valence-electron chi connectivity index (χ3n) is 4.55. The molecule has 0 unspecified atom stereocenters. The average molecular weight is 460 g/mol. The van der Waals surface area contributed by atoms with Gasteiger partial charge in [-0.1, -0.05) is 35.3 Å². The van der Waals surface area contributed by atoms with Gasteiger partial charge < -0.3 is 14.8 Å². The zero-order valence-electron chi connectivity index (χ0n) is 16.4. The number of rotatable bonds is 5. The van der Waals surface area contributed by atoms with E-state index in [2.05, 4.69) is 24.8 Å². The van der Waals surface area contributed by atoms with Gasteiger partial charge in [0.1, 0.15) is 0 Å². The predicted octanol–water partition coefficient (Wildman–Crippen LogP) is 4.99. The lowest BCUT2D eigenvalue weighted by Crippen LogP contribution is -2.17. The van der Waals surface area contributed by atoms with Crippen LogP contribution in [-0.2, 0) is 11.3 Å². The number of imidazole rings is 1. The largest absolute Gasteiger partial charge is 0.332 e. The molecule has 4 rings (SSSR count). The van der Waals surface area contributed by atoms with Crippen LogP contribution in [0.4, 0.5) is 5.69 Å². The maximum atomic E-state index is 12.4. The highest BCUT2D eigenvalue weighted by molar-refractivity contribution is 8.18. The van der Waals surface area contributed by atoms with E-state index in [1.54, 1.807) is 18.2 Å². The van der Waals surface area contributed by atoms with Crippen LogP contribution in [0.25, 0.3) is 17.1 Å². The number of nitrogens with one attached hydrogen (secondary N) is 1. The van der Waals surface area contributed by atoms with E-state index in [4.69, 9.17) is 23.2 Å². The number of aromatic nitrogens is 2. The van der Waals surface area contributed by atoms with Crippen molar-refractivity contribution >= 4 is 68.8 Å². The van der Waals surface area contributed by atoms with E-state index >= 15 is 0 Å². The highest BCUT2D eigenvalue weighted by Crippen LogP contribution is 2.34. The number of benzene rings is 2. The molecule has 0 aliphatic carbocycles. The van der Waals surface area contributed by atoms with E-state index in [1.807, 2.05) is 44.7 Å². The van der Waals surface area contributed by atoms with Crippen molar-refractivity contribution in [2.75, 3.05) is 26.0 Å². The highest BCUT2D eigenvalue weighted by Gasteiger charge is 2.23. The van der Waals surface area contributed by atoms with Crippen LogP contribution >= 0.6 is 35.0 Å². The Balaban J connectivity index is 1.54. The number of halogens is 2. The minimum Gasteiger partial charge on any atom is -0.332 e. The Morgan fingerprint density at radius 1 is 1.20 bits per heavy atom. The van der Waals surface area contributed by atoms with Crippen molar-refractivity contribution in [1.82, 2.24) is 14.5 Å². The molecule has 3 aromatic rings. The first-order chi connectivity index (χ1) is 14.4. The molecule has 0 saturated carbocycles. The lowest BCUT2D eigenvalue weighted by molar-refractivity contribution is -0.113. The van der Waals surface area contributed by atoms with Crippen LogP contribution in [-0.4, -0.2) is 46.2 Å². The number of hydrogen-bond donors (Lipinski definition) is 1. The van der Waals surface area contributed by atoms with Crippen molar-refractivity contribution in [2.45, 2.75) is 6.54 Å². The molecule has 2 heterocycles. The third-order valence-corrected chi connectivity index (χ3v) is 6.08. The minimum absolute atomic E-state index is 0.299. The van der Waals surface area contributed by atoms with E-state index < -0.39 is 0 Å². The van der Waals surface area contributed by atoms with Crippen molar-refractivity contribution in [1.29, 1.82) is 0 Å². The van der Waals surface area contributed by atoms with Crippen molar-refractivity contribution in [3.63, 3.8) is 0 Å². The van der Waals surface area contributed by atoms with E-state index in [-0.39, 0.29) is 5.91 Å². The standard InChI is InChI=1S/C21H19Cl2N5OS/c1-27(2)8-9-28-12-24-16-7-6-13(10-17(16)28)11-18-20(29)26-21(30-18)25-19-14(22)4-3-5-15(19)23/h3-7,10-12H,8-9H2,1-2H3,(H,25,26,29)/b18-11-. The SMILES string of the molecule is CN(C)CCn1cnc2ccc(/C=C3\SC(Nc4c(Cl)cccc4Cl)=NC3=O)cc21. The molecule has 9 heteroatoms.